The molecule has 3 aliphatic rings. The van der Waals surface area contributed by atoms with Crippen LogP contribution in [0.25, 0.3) is 11.1 Å². The van der Waals surface area contributed by atoms with Gasteiger partial charge in [0.15, 0.2) is 0 Å². The van der Waals surface area contributed by atoms with E-state index in [1.807, 2.05) is 0 Å². The lowest BCUT2D eigenvalue weighted by molar-refractivity contribution is 0.403. The summed E-state index contributed by atoms with van der Waals surface area (Å²) in [4.78, 5) is 5.32. The molecule has 336 valence electrons. The molecular formula is C62H75BN2. The van der Waals surface area contributed by atoms with Gasteiger partial charge < -0.3 is 9.80 Å². The highest BCUT2D eigenvalue weighted by atomic mass is 15.2. The van der Waals surface area contributed by atoms with Crippen LogP contribution in [0.4, 0.5) is 34.1 Å². The highest BCUT2D eigenvalue weighted by molar-refractivity contribution is 7.00. The molecule has 6 aromatic rings. The summed E-state index contributed by atoms with van der Waals surface area (Å²) in [5.74, 6) is 0.319. The van der Waals surface area contributed by atoms with Crippen LogP contribution < -0.4 is 26.2 Å². The number of nitrogens with zero attached hydrogens (tertiary/aromatic N) is 2. The van der Waals surface area contributed by atoms with Crippen molar-refractivity contribution in [2.45, 2.75) is 169 Å². The normalized spacial score (nSPS) is 16.4. The first-order valence-electron chi connectivity index (χ1n) is 24.5. The molecule has 0 unspecified atom stereocenters. The molecule has 0 N–H and O–H groups in total. The first-order valence-corrected chi connectivity index (χ1v) is 24.5. The average molecular weight is 859 g/mol. The molecule has 0 atom stereocenters. The molecule has 0 saturated heterocycles. The van der Waals surface area contributed by atoms with Crippen LogP contribution in [0.5, 0.6) is 0 Å². The van der Waals surface area contributed by atoms with E-state index in [0.29, 0.717) is 5.92 Å². The third-order valence-electron chi connectivity index (χ3n) is 15.2. The summed E-state index contributed by atoms with van der Waals surface area (Å²) < 4.78 is 0. The molecule has 3 heteroatoms. The Morgan fingerprint density at radius 2 is 0.954 bits per heavy atom. The van der Waals surface area contributed by atoms with Crippen LogP contribution in [-0.2, 0) is 32.5 Å². The van der Waals surface area contributed by atoms with Gasteiger partial charge in [0.25, 0.3) is 6.71 Å². The van der Waals surface area contributed by atoms with Crippen molar-refractivity contribution in [3.63, 3.8) is 0 Å². The van der Waals surface area contributed by atoms with Gasteiger partial charge in [0.2, 0.25) is 0 Å². The van der Waals surface area contributed by atoms with Gasteiger partial charge in [-0.25, -0.2) is 0 Å². The van der Waals surface area contributed by atoms with Crippen LogP contribution >= 0.6 is 0 Å². The van der Waals surface area contributed by atoms with Crippen LogP contribution in [0.2, 0.25) is 0 Å². The van der Waals surface area contributed by atoms with Gasteiger partial charge in [-0.15, -0.1) is 0 Å². The second-order valence-corrected chi connectivity index (χ2v) is 25.8. The maximum absolute atomic E-state index is 2.71. The second kappa shape index (κ2) is 14.7. The van der Waals surface area contributed by atoms with Crippen molar-refractivity contribution >= 4 is 57.2 Å². The summed E-state index contributed by atoms with van der Waals surface area (Å²) in [6.07, 6.45) is 1.12. The molecule has 0 amide bonds. The van der Waals surface area contributed by atoms with E-state index in [1.54, 1.807) is 0 Å². The molecule has 6 aromatic carbocycles. The van der Waals surface area contributed by atoms with Gasteiger partial charge in [-0.05, 0) is 154 Å². The van der Waals surface area contributed by atoms with Gasteiger partial charge in [-0.1, -0.05) is 185 Å². The van der Waals surface area contributed by atoms with E-state index in [1.165, 1.54) is 101 Å². The van der Waals surface area contributed by atoms with Crippen molar-refractivity contribution in [1.29, 1.82) is 0 Å². The van der Waals surface area contributed by atoms with E-state index in [2.05, 4.69) is 244 Å². The van der Waals surface area contributed by atoms with Crippen molar-refractivity contribution in [2.75, 3.05) is 9.80 Å². The topological polar surface area (TPSA) is 6.48 Å². The lowest BCUT2D eigenvalue weighted by Crippen LogP contribution is -2.61. The Labute approximate surface area is 394 Å². The monoisotopic (exact) mass is 859 g/mol. The van der Waals surface area contributed by atoms with Gasteiger partial charge >= 0.3 is 0 Å². The smallest absolute Gasteiger partial charge is 0.252 e. The fraction of sp³-hybridized carbons (Fsp3) is 0.419. The van der Waals surface area contributed by atoms with Crippen LogP contribution in [-0.4, -0.2) is 6.71 Å². The Balaban J connectivity index is 1.45. The number of fused-ring (bicyclic) bond motifs is 5. The number of anilines is 6. The van der Waals surface area contributed by atoms with Crippen molar-refractivity contribution in [3.05, 3.63) is 148 Å². The summed E-state index contributed by atoms with van der Waals surface area (Å²) in [6.45, 7) is 42.7. The third kappa shape index (κ3) is 7.58. The minimum absolute atomic E-state index is 0.0141. The lowest BCUT2D eigenvalue weighted by atomic mass is 9.33. The molecule has 0 spiro atoms. The number of rotatable bonds is 4. The van der Waals surface area contributed by atoms with E-state index >= 15 is 0 Å². The van der Waals surface area contributed by atoms with E-state index in [4.69, 9.17) is 0 Å². The standard InChI is InChI=1S/C62H75BN2/c1-38(2)40-31-54-56-55(32-40)65(51-28-24-43(59(9,10)11)33-46(51)39-20-19-21-42(30-39)58(6,7)8)53-36-48-47(61(15,16)37-62(48,17)18)35-50(53)63(56)49-34-44(60(12,13)14)25-29-52(49)64(54)45-26-22-41(23-27-45)57(3,4)5/h19-36,38H,37H2,1-18H3. The summed E-state index contributed by atoms with van der Waals surface area (Å²) in [5.41, 5.74) is 24.2. The Morgan fingerprint density at radius 3 is 1.52 bits per heavy atom. The maximum Gasteiger partial charge on any atom is 0.252 e. The minimum Gasteiger partial charge on any atom is -0.311 e. The summed E-state index contributed by atoms with van der Waals surface area (Å²) >= 11 is 0. The molecule has 0 bridgehead atoms. The molecule has 2 heterocycles. The Bertz CT molecular complexity index is 2860. The zero-order valence-electron chi connectivity index (χ0n) is 43.1. The van der Waals surface area contributed by atoms with Crippen molar-refractivity contribution in [3.8, 4) is 11.1 Å². The Kier molecular flexibility index (Phi) is 10.2. The van der Waals surface area contributed by atoms with E-state index in [-0.39, 0.29) is 39.2 Å². The molecular weight excluding hydrogens is 784 g/mol. The first kappa shape index (κ1) is 45.2. The zero-order chi connectivity index (χ0) is 47.1. The van der Waals surface area contributed by atoms with Crippen LogP contribution in [0.3, 0.4) is 0 Å². The van der Waals surface area contributed by atoms with Crippen molar-refractivity contribution in [2.24, 2.45) is 0 Å². The predicted octanol–water partition coefficient (Wildman–Crippen LogP) is 15.7. The first-order chi connectivity index (χ1) is 30.1. The molecule has 0 saturated carbocycles. The largest absolute Gasteiger partial charge is 0.311 e. The molecule has 2 aliphatic heterocycles. The Morgan fingerprint density at radius 1 is 0.462 bits per heavy atom. The zero-order valence-corrected chi connectivity index (χ0v) is 43.1. The molecule has 0 fully saturated rings. The van der Waals surface area contributed by atoms with Gasteiger partial charge in [0, 0.05) is 34.0 Å². The maximum atomic E-state index is 2.71. The molecule has 2 nitrogen and oxygen atoms in total. The molecule has 65 heavy (non-hydrogen) atoms. The average Bonchev–Trinajstić information content (AvgIpc) is 3.39. The summed E-state index contributed by atoms with van der Waals surface area (Å²) in [7, 11) is 0. The van der Waals surface area contributed by atoms with Crippen LogP contribution in [0.1, 0.15) is 176 Å². The van der Waals surface area contributed by atoms with Gasteiger partial charge in [0.1, 0.15) is 0 Å². The number of hydrogen-bond donors (Lipinski definition) is 0. The molecule has 1 aliphatic carbocycles. The van der Waals surface area contributed by atoms with Gasteiger partial charge in [-0.2, -0.15) is 0 Å². The highest BCUT2D eigenvalue weighted by Gasteiger charge is 2.48. The molecule has 0 radical (unpaired) electrons. The summed E-state index contributed by atoms with van der Waals surface area (Å²) in [6, 6.07) is 44.0. The number of hydrogen-bond acceptors (Lipinski definition) is 2. The molecule has 0 aromatic heterocycles. The fourth-order valence-corrected chi connectivity index (χ4v) is 11.5. The summed E-state index contributed by atoms with van der Waals surface area (Å²) in [5, 5.41) is 0. The van der Waals surface area contributed by atoms with E-state index in [9.17, 15) is 0 Å². The van der Waals surface area contributed by atoms with Crippen molar-refractivity contribution in [1.82, 2.24) is 0 Å². The quantitative estimate of drug-likeness (QED) is 0.163. The lowest BCUT2D eigenvalue weighted by Gasteiger charge is -2.46. The van der Waals surface area contributed by atoms with Crippen LogP contribution in [0, 0.1) is 0 Å². The van der Waals surface area contributed by atoms with Gasteiger partial charge in [-0.3, -0.25) is 0 Å². The van der Waals surface area contributed by atoms with E-state index < -0.39 is 0 Å². The third-order valence-corrected chi connectivity index (χ3v) is 15.2. The van der Waals surface area contributed by atoms with Crippen molar-refractivity contribution < 1.29 is 0 Å². The van der Waals surface area contributed by atoms with E-state index in [0.717, 1.165) is 6.42 Å². The SMILES string of the molecule is CC(C)c1cc2c3c(c1)N(c1ccc(C(C)(C)C)cc1-c1cccc(C(C)(C)C)c1)c1cc4c(cc1B3c1cc(C(C)(C)C)ccc1N2c1ccc(C(C)(C)C)cc1)C(C)(C)CC4(C)C. The fourth-order valence-electron chi connectivity index (χ4n) is 11.5. The molecule has 9 rings (SSSR count). The number of benzene rings is 6. The van der Waals surface area contributed by atoms with Gasteiger partial charge in [0.05, 0.1) is 5.69 Å². The highest BCUT2D eigenvalue weighted by Crippen LogP contribution is 2.54. The second-order valence-electron chi connectivity index (χ2n) is 25.8. The van der Waals surface area contributed by atoms with Crippen LogP contribution in [0.15, 0.2) is 109 Å². The predicted molar refractivity (Wildman–Crippen MR) is 285 cm³/mol. The minimum atomic E-state index is -0.0233. The Hall–Kier alpha value is -5.02.